The molecule has 7 nitrogen and oxygen atoms in total. The molecule has 2 rings (SSSR count). The summed E-state index contributed by atoms with van der Waals surface area (Å²) in [6, 6.07) is 11.6. The van der Waals surface area contributed by atoms with Gasteiger partial charge in [0.25, 0.3) is 5.91 Å². The number of nitrogens with one attached hydrogen (secondary N) is 1. The van der Waals surface area contributed by atoms with Gasteiger partial charge >= 0.3 is 0 Å². The van der Waals surface area contributed by atoms with Gasteiger partial charge in [0.05, 0.1) is 23.2 Å². The van der Waals surface area contributed by atoms with Crippen molar-refractivity contribution >= 4 is 33.2 Å². The van der Waals surface area contributed by atoms with Crippen LogP contribution in [0.3, 0.4) is 0 Å². The van der Waals surface area contributed by atoms with Crippen LogP contribution >= 0.6 is 0 Å². The number of nitrogens with zero attached hydrogens (tertiary/aromatic N) is 1. The first-order chi connectivity index (χ1) is 12.1. The Kier molecular flexibility index (Phi) is 5.66. The van der Waals surface area contributed by atoms with Gasteiger partial charge in [-0.05, 0) is 43.2 Å². The van der Waals surface area contributed by atoms with E-state index in [0.717, 1.165) is 21.7 Å². The van der Waals surface area contributed by atoms with Crippen molar-refractivity contribution in [1.82, 2.24) is 0 Å². The van der Waals surface area contributed by atoms with Crippen LogP contribution in [0.2, 0.25) is 0 Å². The second kappa shape index (κ2) is 7.57. The summed E-state index contributed by atoms with van der Waals surface area (Å²) in [5, 5.41) is 2.55. The first kappa shape index (κ1) is 19.5. The summed E-state index contributed by atoms with van der Waals surface area (Å²) in [5.41, 5.74) is 7.72. The first-order valence-corrected chi connectivity index (χ1v) is 9.68. The molecule has 0 aliphatic rings. The zero-order chi connectivity index (χ0) is 19.5. The third-order valence-electron chi connectivity index (χ3n) is 3.79. The standard InChI is InChI=1S/C18H21N3O4S/c1-12-8-9-13(2)16(10-12)21(26(3,24)25)11-17(22)20-15-7-5-4-6-14(15)18(19)23/h4-10H,11H2,1-3H3,(H2,19,23)(H,20,22). The van der Waals surface area contributed by atoms with Crippen molar-refractivity contribution in [3.05, 3.63) is 59.2 Å². The number of amides is 2. The van der Waals surface area contributed by atoms with Crippen molar-refractivity contribution in [2.24, 2.45) is 5.73 Å². The number of carbonyl (C=O) groups is 2. The Bertz CT molecular complexity index is 955. The van der Waals surface area contributed by atoms with E-state index in [2.05, 4.69) is 5.32 Å². The highest BCUT2D eigenvalue weighted by Gasteiger charge is 2.23. The van der Waals surface area contributed by atoms with E-state index in [-0.39, 0.29) is 11.3 Å². The molecule has 0 heterocycles. The molecule has 26 heavy (non-hydrogen) atoms. The molecule has 0 saturated carbocycles. The van der Waals surface area contributed by atoms with Crippen molar-refractivity contribution in [1.29, 1.82) is 0 Å². The van der Waals surface area contributed by atoms with Crippen LogP contribution in [0.15, 0.2) is 42.5 Å². The van der Waals surface area contributed by atoms with E-state index in [4.69, 9.17) is 5.73 Å². The molecule has 0 atom stereocenters. The van der Waals surface area contributed by atoms with Crippen LogP contribution in [0.4, 0.5) is 11.4 Å². The predicted molar refractivity (Wildman–Crippen MR) is 102 cm³/mol. The van der Waals surface area contributed by atoms with E-state index in [1.54, 1.807) is 31.2 Å². The Hall–Kier alpha value is -2.87. The smallest absolute Gasteiger partial charge is 0.250 e. The number of hydrogen-bond acceptors (Lipinski definition) is 4. The summed E-state index contributed by atoms with van der Waals surface area (Å²) in [5.74, 6) is -1.26. The van der Waals surface area contributed by atoms with Gasteiger partial charge in [-0.15, -0.1) is 0 Å². The lowest BCUT2D eigenvalue weighted by molar-refractivity contribution is -0.114. The summed E-state index contributed by atoms with van der Waals surface area (Å²) < 4.78 is 25.5. The third kappa shape index (κ3) is 4.60. The van der Waals surface area contributed by atoms with Crippen molar-refractivity contribution in [2.75, 3.05) is 22.4 Å². The van der Waals surface area contributed by atoms with E-state index >= 15 is 0 Å². The number of primary amides is 1. The number of aryl methyl sites for hydroxylation is 2. The maximum atomic E-state index is 12.4. The topological polar surface area (TPSA) is 110 Å². The lowest BCUT2D eigenvalue weighted by atomic mass is 10.1. The minimum atomic E-state index is -3.69. The number of benzene rings is 2. The summed E-state index contributed by atoms with van der Waals surface area (Å²) >= 11 is 0. The van der Waals surface area contributed by atoms with Gasteiger partial charge in [0.1, 0.15) is 6.54 Å². The average molecular weight is 375 g/mol. The highest BCUT2D eigenvalue weighted by molar-refractivity contribution is 7.92. The molecule has 0 spiro atoms. The highest BCUT2D eigenvalue weighted by Crippen LogP contribution is 2.24. The molecule has 0 unspecified atom stereocenters. The van der Waals surface area contributed by atoms with E-state index in [9.17, 15) is 18.0 Å². The van der Waals surface area contributed by atoms with Gasteiger partial charge in [-0.3, -0.25) is 13.9 Å². The van der Waals surface area contributed by atoms with Crippen molar-refractivity contribution in [2.45, 2.75) is 13.8 Å². The van der Waals surface area contributed by atoms with Crippen LogP contribution in [0.5, 0.6) is 0 Å². The third-order valence-corrected chi connectivity index (χ3v) is 4.91. The molecule has 0 radical (unpaired) electrons. The maximum absolute atomic E-state index is 12.4. The molecule has 3 N–H and O–H groups in total. The van der Waals surface area contributed by atoms with Gasteiger partial charge in [0, 0.05) is 0 Å². The summed E-state index contributed by atoms with van der Waals surface area (Å²) in [6.07, 6.45) is 1.04. The molecule has 2 amide bonds. The molecule has 0 aliphatic carbocycles. The summed E-state index contributed by atoms with van der Waals surface area (Å²) in [6.45, 7) is 3.19. The van der Waals surface area contributed by atoms with E-state index in [1.807, 2.05) is 13.0 Å². The van der Waals surface area contributed by atoms with Crippen molar-refractivity contribution in [3.63, 3.8) is 0 Å². The quantitative estimate of drug-likeness (QED) is 0.802. The molecule has 8 heteroatoms. The Morgan fingerprint density at radius 2 is 1.77 bits per heavy atom. The Balaban J connectivity index is 2.32. The molecule has 0 bridgehead atoms. The monoisotopic (exact) mass is 375 g/mol. The molecule has 2 aromatic carbocycles. The van der Waals surface area contributed by atoms with Crippen LogP contribution in [0, 0.1) is 13.8 Å². The lowest BCUT2D eigenvalue weighted by Gasteiger charge is -2.24. The number of anilines is 2. The van der Waals surface area contributed by atoms with Gasteiger partial charge in [0.15, 0.2) is 0 Å². The Morgan fingerprint density at radius 3 is 2.38 bits per heavy atom. The zero-order valence-corrected chi connectivity index (χ0v) is 15.6. The van der Waals surface area contributed by atoms with Gasteiger partial charge in [-0.2, -0.15) is 0 Å². The van der Waals surface area contributed by atoms with Gasteiger partial charge < -0.3 is 11.1 Å². The fourth-order valence-corrected chi connectivity index (χ4v) is 3.40. The second-order valence-electron chi connectivity index (χ2n) is 6.02. The number of nitrogens with two attached hydrogens (primary N) is 1. The first-order valence-electron chi connectivity index (χ1n) is 7.83. The fraction of sp³-hybridized carbons (Fsp3) is 0.222. The molecular weight excluding hydrogens is 354 g/mol. The second-order valence-corrected chi connectivity index (χ2v) is 7.92. The van der Waals surface area contributed by atoms with Crippen molar-refractivity contribution in [3.8, 4) is 0 Å². The fourth-order valence-electron chi connectivity index (χ4n) is 2.50. The average Bonchev–Trinajstić information content (AvgIpc) is 2.54. The molecule has 0 aromatic heterocycles. The Morgan fingerprint density at radius 1 is 1.12 bits per heavy atom. The summed E-state index contributed by atoms with van der Waals surface area (Å²) in [4.78, 5) is 23.9. The largest absolute Gasteiger partial charge is 0.366 e. The molecule has 0 aliphatic heterocycles. The number of sulfonamides is 1. The van der Waals surface area contributed by atoms with E-state index in [1.165, 1.54) is 12.1 Å². The van der Waals surface area contributed by atoms with Gasteiger partial charge in [-0.25, -0.2) is 8.42 Å². The zero-order valence-electron chi connectivity index (χ0n) is 14.8. The highest BCUT2D eigenvalue weighted by atomic mass is 32.2. The summed E-state index contributed by atoms with van der Waals surface area (Å²) in [7, 11) is -3.69. The van der Waals surface area contributed by atoms with E-state index < -0.39 is 28.4 Å². The minimum Gasteiger partial charge on any atom is -0.366 e. The van der Waals surface area contributed by atoms with Crippen molar-refractivity contribution < 1.29 is 18.0 Å². The molecule has 2 aromatic rings. The molecule has 0 saturated heterocycles. The predicted octanol–water partition coefficient (Wildman–Crippen LogP) is 1.81. The maximum Gasteiger partial charge on any atom is 0.250 e. The van der Waals surface area contributed by atoms with Crippen LogP contribution in [-0.4, -0.2) is 33.0 Å². The van der Waals surface area contributed by atoms with Crippen LogP contribution in [0.1, 0.15) is 21.5 Å². The normalized spacial score (nSPS) is 11.0. The Labute approximate surface area is 152 Å². The van der Waals surface area contributed by atoms with Crippen LogP contribution < -0.4 is 15.4 Å². The lowest BCUT2D eigenvalue weighted by Crippen LogP contribution is -2.38. The molecule has 0 fully saturated rings. The number of rotatable bonds is 6. The molecule has 138 valence electrons. The van der Waals surface area contributed by atoms with Crippen LogP contribution in [-0.2, 0) is 14.8 Å². The van der Waals surface area contributed by atoms with Gasteiger partial charge in [-0.1, -0.05) is 24.3 Å². The SMILES string of the molecule is Cc1ccc(C)c(N(CC(=O)Nc2ccccc2C(N)=O)S(C)(=O)=O)c1. The molecular formula is C18H21N3O4S. The number of hydrogen-bond donors (Lipinski definition) is 2. The number of para-hydroxylation sites is 1. The number of carbonyl (C=O) groups excluding carboxylic acids is 2. The van der Waals surface area contributed by atoms with E-state index in [0.29, 0.717) is 5.69 Å². The van der Waals surface area contributed by atoms with Crippen LogP contribution in [0.25, 0.3) is 0 Å². The van der Waals surface area contributed by atoms with Gasteiger partial charge in [0.2, 0.25) is 15.9 Å². The minimum absolute atomic E-state index is 0.151.